The van der Waals surface area contributed by atoms with Gasteiger partial charge in [-0.15, -0.1) is 0 Å². The van der Waals surface area contributed by atoms with Crippen molar-refractivity contribution >= 4 is 17.5 Å². The molecular formula is C19H25N5O2. The number of morpholine rings is 1. The summed E-state index contributed by atoms with van der Waals surface area (Å²) in [5.41, 5.74) is 1.81. The average Bonchev–Trinajstić information content (AvgIpc) is 2.66. The molecule has 0 aliphatic carbocycles. The standard InChI is InChI=1S/C19H25N5O2/c1-14-3-5-16(6-4-14)19(25)21-8-7-20-17-13-18(23-15(2)22-17)24-9-11-26-12-10-24/h3-6,13H,7-12H2,1-2H3,(H,21,25)(H,20,22,23). The minimum absolute atomic E-state index is 0.0697. The Balaban J connectivity index is 1.50. The van der Waals surface area contributed by atoms with Crippen LogP contribution in [-0.2, 0) is 4.74 Å². The molecule has 1 amide bonds. The second-order valence-corrected chi connectivity index (χ2v) is 6.31. The molecule has 1 saturated heterocycles. The normalized spacial score (nSPS) is 14.2. The highest BCUT2D eigenvalue weighted by Gasteiger charge is 2.14. The van der Waals surface area contributed by atoms with Gasteiger partial charge in [-0.2, -0.15) is 0 Å². The highest BCUT2D eigenvalue weighted by atomic mass is 16.5. The van der Waals surface area contributed by atoms with Crippen LogP contribution in [0.3, 0.4) is 0 Å². The van der Waals surface area contributed by atoms with E-state index in [1.807, 2.05) is 44.2 Å². The lowest BCUT2D eigenvalue weighted by Crippen LogP contribution is -2.37. The molecule has 0 saturated carbocycles. The van der Waals surface area contributed by atoms with Gasteiger partial charge in [-0.25, -0.2) is 9.97 Å². The molecule has 0 radical (unpaired) electrons. The predicted octanol–water partition coefficient (Wildman–Crippen LogP) is 1.77. The van der Waals surface area contributed by atoms with Crippen LogP contribution in [0.25, 0.3) is 0 Å². The van der Waals surface area contributed by atoms with E-state index in [4.69, 9.17) is 4.74 Å². The van der Waals surface area contributed by atoms with Crippen LogP contribution in [0.5, 0.6) is 0 Å². The van der Waals surface area contributed by atoms with Gasteiger partial charge in [0, 0.05) is 37.8 Å². The van der Waals surface area contributed by atoms with Crippen molar-refractivity contribution in [1.82, 2.24) is 15.3 Å². The monoisotopic (exact) mass is 355 g/mol. The summed E-state index contributed by atoms with van der Waals surface area (Å²) in [6.07, 6.45) is 0. The minimum Gasteiger partial charge on any atom is -0.378 e. The second kappa shape index (κ2) is 8.62. The highest BCUT2D eigenvalue weighted by molar-refractivity contribution is 5.94. The summed E-state index contributed by atoms with van der Waals surface area (Å²) in [6, 6.07) is 9.48. The number of benzene rings is 1. The van der Waals surface area contributed by atoms with E-state index in [1.165, 1.54) is 0 Å². The van der Waals surface area contributed by atoms with Crippen LogP contribution >= 0.6 is 0 Å². The van der Waals surface area contributed by atoms with E-state index in [2.05, 4.69) is 25.5 Å². The van der Waals surface area contributed by atoms with E-state index in [1.54, 1.807) is 0 Å². The average molecular weight is 355 g/mol. The molecule has 26 heavy (non-hydrogen) atoms. The zero-order chi connectivity index (χ0) is 18.4. The van der Waals surface area contributed by atoms with E-state index in [-0.39, 0.29) is 5.91 Å². The smallest absolute Gasteiger partial charge is 0.251 e. The number of amides is 1. The third kappa shape index (κ3) is 4.92. The van der Waals surface area contributed by atoms with Gasteiger partial charge in [-0.1, -0.05) is 17.7 Å². The first kappa shape index (κ1) is 18.1. The molecule has 2 heterocycles. The van der Waals surface area contributed by atoms with Gasteiger partial charge >= 0.3 is 0 Å². The summed E-state index contributed by atoms with van der Waals surface area (Å²) in [6.45, 7) is 8.10. The van der Waals surface area contributed by atoms with Crippen LogP contribution in [-0.4, -0.2) is 55.3 Å². The number of nitrogens with one attached hydrogen (secondary N) is 2. The van der Waals surface area contributed by atoms with Gasteiger partial charge < -0.3 is 20.3 Å². The molecule has 3 rings (SSSR count). The minimum atomic E-state index is -0.0697. The summed E-state index contributed by atoms with van der Waals surface area (Å²) >= 11 is 0. The number of nitrogens with zero attached hydrogens (tertiary/aromatic N) is 3. The van der Waals surface area contributed by atoms with Gasteiger partial charge in [0.05, 0.1) is 13.2 Å². The molecule has 2 aromatic rings. The highest BCUT2D eigenvalue weighted by Crippen LogP contribution is 2.16. The lowest BCUT2D eigenvalue weighted by Gasteiger charge is -2.28. The zero-order valence-corrected chi connectivity index (χ0v) is 15.3. The quantitative estimate of drug-likeness (QED) is 0.769. The Labute approximate surface area is 153 Å². The molecule has 1 aromatic heterocycles. The second-order valence-electron chi connectivity index (χ2n) is 6.31. The maximum Gasteiger partial charge on any atom is 0.251 e. The first-order valence-corrected chi connectivity index (χ1v) is 8.89. The van der Waals surface area contributed by atoms with Crippen molar-refractivity contribution in [1.29, 1.82) is 0 Å². The molecular weight excluding hydrogens is 330 g/mol. The number of carbonyl (C=O) groups excluding carboxylic acids is 1. The maximum absolute atomic E-state index is 12.1. The number of anilines is 2. The van der Waals surface area contributed by atoms with Crippen molar-refractivity contribution in [3.63, 3.8) is 0 Å². The molecule has 0 spiro atoms. The lowest BCUT2D eigenvalue weighted by atomic mass is 10.1. The first-order chi connectivity index (χ1) is 12.6. The van der Waals surface area contributed by atoms with Crippen molar-refractivity contribution < 1.29 is 9.53 Å². The zero-order valence-electron chi connectivity index (χ0n) is 15.3. The van der Waals surface area contributed by atoms with Gasteiger partial charge in [0.1, 0.15) is 17.5 Å². The van der Waals surface area contributed by atoms with Crippen molar-refractivity contribution in [3.8, 4) is 0 Å². The molecule has 7 heteroatoms. The van der Waals surface area contributed by atoms with Crippen molar-refractivity contribution in [2.45, 2.75) is 13.8 Å². The molecule has 1 aliphatic rings. The molecule has 2 N–H and O–H groups in total. The number of hydrogen-bond donors (Lipinski definition) is 2. The van der Waals surface area contributed by atoms with E-state index in [0.29, 0.717) is 18.7 Å². The fourth-order valence-electron chi connectivity index (χ4n) is 2.77. The Hall–Kier alpha value is -2.67. The van der Waals surface area contributed by atoms with Gasteiger partial charge in [0.2, 0.25) is 0 Å². The molecule has 7 nitrogen and oxygen atoms in total. The first-order valence-electron chi connectivity index (χ1n) is 8.89. The Morgan fingerprint density at radius 3 is 2.58 bits per heavy atom. The number of ether oxygens (including phenoxy) is 1. The fraction of sp³-hybridized carbons (Fsp3) is 0.421. The summed E-state index contributed by atoms with van der Waals surface area (Å²) in [5.74, 6) is 2.33. The number of hydrogen-bond acceptors (Lipinski definition) is 6. The SMILES string of the molecule is Cc1ccc(C(=O)NCCNc2cc(N3CCOCC3)nc(C)n2)cc1. The van der Waals surface area contributed by atoms with Crippen molar-refractivity contribution in [2.75, 3.05) is 49.6 Å². The molecule has 1 fully saturated rings. The van der Waals surface area contributed by atoms with Gasteiger partial charge in [0.15, 0.2) is 0 Å². The lowest BCUT2D eigenvalue weighted by molar-refractivity contribution is 0.0955. The van der Waals surface area contributed by atoms with Crippen molar-refractivity contribution in [3.05, 3.63) is 47.3 Å². The van der Waals surface area contributed by atoms with E-state index in [9.17, 15) is 4.79 Å². The number of aromatic nitrogens is 2. The van der Waals surface area contributed by atoms with Crippen LogP contribution < -0.4 is 15.5 Å². The molecule has 0 atom stereocenters. The van der Waals surface area contributed by atoms with Crippen LogP contribution in [0.4, 0.5) is 11.6 Å². The van der Waals surface area contributed by atoms with E-state index in [0.717, 1.165) is 49.3 Å². The van der Waals surface area contributed by atoms with Gasteiger partial charge in [0.25, 0.3) is 5.91 Å². The number of aryl methyl sites for hydroxylation is 2. The van der Waals surface area contributed by atoms with Crippen LogP contribution in [0.1, 0.15) is 21.7 Å². The molecule has 1 aliphatic heterocycles. The predicted molar refractivity (Wildman–Crippen MR) is 102 cm³/mol. The summed E-state index contributed by atoms with van der Waals surface area (Å²) < 4.78 is 5.39. The van der Waals surface area contributed by atoms with E-state index >= 15 is 0 Å². The number of carbonyl (C=O) groups is 1. The van der Waals surface area contributed by atoms with Crippen LogP contribution in [0.15, 0.2) is 30.3 Å². The van der Waals surface area contributed by atoms with Crippen LogP contribution in [0.2, 0.25) is 0 Å². The largest absolute Gasteiger partial charge is 0.378 e. The van der Waals surface area contributed by atoms with E-state index < -0.39 is 0 Å². The topological polar surface area (TPSA) is 79.4 Å². The Bertz CT molecular complexity index is 742. The third-order valence-electron chi connectivity index (χ3n) is 4.19. The molecule has 0 unspecified atom stereocenters. The summed E-state index contributed by atoms with van der Waals surface area (Å²) in [5, 5.41) is 6.17. The fourth-order valence-corrected chi connectivity index (χ4v) is 2.77. The molecule has 138 valence electrons. The van der Waals surface area contributed by atoms with Crippen LogP contribution in [0, 0.1) is 13.8 Å². The maximum atomic E-state index is 12.1. The Morgan fingerprint density at radius 1 is 1.12 bits per heavy atom. The molecule has 0 bridgehead atoms. The summed E-state index contributed by atoms with van der Waals surface area (Å²) in [4.78, 5) is 23.2. The molecule has 1 aromatic carbocycles. The number of rotatable bonds is 6. The Morgan fingerprint density at radius 2 is 1.85 bits per heavy atom. The van der Waals surface area contributed by atoms with Gasteiger partial charge in [-0.3, -0.25) is 4.79 Å². The van der Waals surface area contributed by atoms with Crippen molar-refractivity contribution in [2.24, 2.45) is 0 Å². The Kier molecular flexibility index (Phi) is 6.01. The van der Waals surface area contributed by atoms with Gasteiger partial charge in [-0.05, 0) is 26.0 Å². The summed E-state index contributed by atoms with van der Waals surface area (Å²) in [7, 11) is 0. The third-order valence-corrected chi connectivity index (χ3v) is 4.19.